The molecule has 1 heterocycles. The minimum Gasteiger partial charge on any atom is -0.403 e. The van der Waals surface area contributed by atoms with E-state index >= 15 is 0 Å². The van der Waals surface area contributed by atoms with Crippen LogP contribution in [0, 0.1) is 0 Å². The molecular weight excluding hydrogens is 480 g/mol. The molecule has 0 bridgehead atoms. The minimum absolute atomic E-state index is 0.0933. The van der Waals surface area contributed by atoms with Gasteiger partial charge in [-0.15, -0.1) is 5.10 Å². The first-order chi connectivity index (χ1) is 16.0. The van der Waals surface area contributed by atoms with Crippen LogP contribution in [0.2, 0.25) is 0 Å². The molecule has 10 nitrogen and oxygen atoms in total. The zero-order valence-corrected chi connectivity index (χ0v) is 20.9. The maximum Gasteiger partial charge on any atom is 0.322 e. The van der Waals surface area contributed by atoms with E-state index in [1.807, 2.05) is 0 Å². The normalized spacial score (nSPS) is 12.3. The van der Waals surface area contributed by atoms with Gasteiger partial charge in [-0.1, -0.05) is 18.9 Å². The Morgan fingerprint density at radius 2 is 1.47 bits per heavy atom. The summed E-state index contributed by atoms with van der Waals surface area (Å²) < 4.78 is 56.4. The zero-order valence-electron chi connectivity index (χ0n) is 19.2. The van der Waals surface area contributed by atoms with Gasteiger partial charge in [-0.3, -0.25) is 10.1 Å². The maximum absolute atomic E-state index is 12.6. The predicted octanol–water partition coefficient (Wildman–Crippen LogP) is 3.20. The highest BCUT2D eigenvalue weighted by atomic mass is 32.2. The van der Waals surface area contributed by atoms with Gasteiger partial charge in [-0.2, -0.15) is 4.31 Å². The van der Waals surface area contributed by atoms with Crippen LogP contribution in [0.15, 0.2) is 62.7 Å². The molecule has 2 aromatic carbocycles. The SMILES string of the molecule is CCN(CC)S(=O)(=O)c1ccc(C(=O)Nc2nnc(-c3ccc(S(=O)(=O)C(C)C)cc3)o2)cc1. The van der Waals surface area contributed by atoms with Gasteiger partial charge in [0.15, 0.2) is 9.84 Å². The van der Waals surface area contributed by atoms with Gasteiger partial charge in [0.1, 0.15) is 0 Å². The number of carbonyl (C=O) groups excluding carboxylic acids is 1. The van der Waals surface area contributed by atoms with Crippen LogP contribution >= 0.6 is 0 Å². The lowest BCUT2D eigenvalue weighted by molar-refractivity contribution is 0.102. The number of anilines is 1. The molecule has 0 radical (unpaired) electrons. The van der Waals surface area contributed by atoms with Gasteiger partial charge in [-0.25, -0.2) is 16.8 Å². The molecule has 1 amide bonds. The average Bonchev–Trinajstić information content (AvgIpc) is 3.28. The second kappa shape index (κ2) is 10.0. The van der Waals surface area contributed by atoms with Crippen LogP contribution in [0.4, 0.5) is 6.01 Å². The Kier molecular flexibility index (Phi) is 7.54. The molecular formula is C22H26N4O6S2. The highest BCUT2D eigenvalue weighted by Gasteiger charge is 2.22. The van der Waals surface area contributed by atoms with E-state index in [-0.39, 0.29) is 27.3 Å². The molecule has 0 unspecified atom stereocenters. The van der Waals surface area contributed by atoms with E-state index in [0.29, 0.717) is 18.7 Å². The van der Waals surface area contributed by atoms with Gasteiger partial charge in [0, 0.05) is 24.2 Å². The molecule has 0 saturated carbocycles. The number of carbonyl (C=O) groups is 1. The Morgan fingerprint density at radius 3 is 2.00 bits per heavy atom. The summed E-state index contributed by atoms with van der Waals surface area (Å²) in [7, 11) is -7.03. The highest BCUT2D eigenvalue weighted by Crippen LogP contribution is 2.24. The molecule has 182 valence electrons. The topological polar surface area (TPSA) is 140 Å². The van der Waals surface area contributed by atoms with Gasteiger partial charge in [0.25, 0.3) is 5.91 Å². The van der Waals surface area contributed by atoms with Crippen LogP contribution in [-0.4, -0.2) is 55.6 Å². The van der Waals surface area contributed by atoms with Crippen molar-refractivity contribution in [3.63, 3.8) is 0 Å². The van der Waals surface area contributed by atoms with Crippen LogP contribution in [-0.2, 0) is 19.9 Å². The van der Waals surface area contributed by atoms with Crippen molar-refractivity contribution in [1.82, 2.24) is 14.5 Å². The molecule has 0 aliphatic rings. The molecule has 1 N–H and O–H groups in total. The summed E-state index contributed by atoms with van der Waals surface area (Å²) >= 11 is 0. The van der Waals surface area contributed by atoms with Crippen molar-refractivity contribution in [2.45, 2.75) is 42.7 Å². The fourth-order valence-electron chi connectivity index (χ4n) is 3.11. The number of rotatable bonds is 9. The number of hydrogen-bond acceptors (Lipinski definition) is 8. The Balaban J connectivity index is 1.72. The Bertz CT molecular complexity index is 1360. The Morgan fingerprint density at radius 1 is 0.912 bits per heavy atom. The van der Waals surface area contributed by atoms with Crippen molar-refractivity contribution in [2.75, 3.05) is 18.4 Å². The third-order valence-corrected chi connectivity index (χ3v) is 9.39. The molecule has 3 rings (SSSR count). The van der Waals surface area contributed by atoms with E-state index in [4.69, 9.17) is 4.42 Å². The van der Waals surface area contributed by atoms with Gasteiger partial charge >= 0.3 is 6.01 Å². The first-order valence-electron chi connectivity index (χ1n) is 10.6. The van der Waals surface area contributed by atoms with Gasteiger partial charge in [-0.05, 0) is 62.4 Å². The number of sulfonamides is 1. The fourth-order valence-corrected chi connectivity index (χ4v) is 5.63. The maximum atomic E-state index is 12.6. The van der Waals surface area contributed by atoms with Gasteiger partial charge in [0.2, 0.25) is 15.9 Å². The molecule has 0 aliphatic carbocycles. The van der Waals surface area contributed by atoms with E-state index in [2.05, 4.69) is 15.5 Å². The molecule has 12 heteroatoms. The summed E-state index contributed by atoms with van der Waals surface area (Å²) in [6.45, 7) is 7.40. The second-order valence-corrected chi connectivity index (χ2v) is 12.0. The van der Waals surface area contributed by atoms with Crippen molar-refractivity contribution in [1.29, 1.82) is 0 Å². The van der Waals surface area contributed by atoms with E-state index < -0.39 is 31.0 Å². The largest absolute Gasteiger partial charge is 0.403 e. The lowest BCUT2D eigenvalue weighted by Crippen LogP contribution is -2.30. The first kappa shape index (κ1) is 25.5. The summed E-state index contributed by atoms with van der Waals surface area (Å²) in [5, 5.41) is 9.59. The van der Waals surface area contributed by atoms with Crippen LogP contribution in [0.1, 0.15) is 38.1 Å². The number of hydrogen-bond donors (Lipinski definition) is 1. The number of sulfone groups is 1. The van der Waals surface area contributed by atoms with Crippen molar-refractivity contribution in [3.8, 4) is 11.5 Å². The van der Waals surface area contributed by atoms with Gasteiger partial charge < -0.3 is 4.42 Å². The van der Waals surface area contributed by atoms with Crippen molar-refractivity contribution in [3.05, 3.63) is 54.1 Å². The summed E-state index contributed by atoms with van der Waals surface area (Å²) in [5.41, 5.74) is 0.697. The Labute approximate surface area is 199 Å². The number of aromatic nitrogens is 2. The van der Waals surface area contributed by atoms with E-state index in [9.17, 15) is 21.6 Å². The first-order valence-corrected chi connectivity index (χ1v) is 13.6. The molecule has 3 aromatic rings. The number of nitrogens with zero attached hydrogens (tertiary/aromatic N) is 3. The molecule has 34 heavy (non-hydrogen) atoms. The lowest BCUT2D eigenvalue weighted by Gasteiger charge is -2.18. The molecule has 0 saturated heterocycles. The van der Waals surface area contributed by atoms with Crippen LogP contribution < -0.4 is 5.32 Å². The predicted molar refractivity (Wildman–Crippen MR) is 127 cm³/mol. The monoisotopic (exact) mass is 506 g/mol. The standard InChI is InChI=1S/C22H26N4O6S2/c1-5-26(6-2)34(30,31)19-13-7-16(8-14-19)20(27)23-22-25-24-21(32-22)17-9-11-18(12-10-17)33(28,29)15(3)4/h7-15H,5-6H2,1-4H3,(H,23,25,27). The van der Waals surface area contributed by atoms with E-state index in [0.717, 1.165) is 0 Å². The highest BCUT2D eigenvalue weighted by molar-refractivity contribution is 7.92. The molecule has 1 aromatic heterocycles. The molecule has 0 atom stereocenters. The molecule has 0 aliphatic heterocycles. The van der Waals surface area contributed by atoms with E-state index in [1.165, 1.54) is 40.7 Å². The summed E-state index contributed by atoms with van der Waals surface area (Å²) in [6.07, 6.45) is 0. The molecule has 0 spiro atoms. The summed E-state index contributed by atoms with van der Waals surface area (Å²) in [5.74, 6) is -0.454. The van der Waals surface area contributed by atoms with Crippen molar-refractivity contribution in [2.24, 2.45) is 0 Å². The quantitative estimate of drug-likeness (QED) is 0.467. The Hall–Kier alpha value is -3.09. The number of amides is 1. The lowest BCUT2D eigenvalue weighted by atomic mass is 10.2. The molecule has 0 fully saturated rings. The van der Waals surface area contributed by atoms with Crippen molar-refractivity contribution >= 4 is 31.8 Å². The van der Waals surface area contributed by atoms with Crippen LogP contribution in [0.25, 0.3) is 11.5 Å². The third-order valence-electron chi connectivity index (χ3n) is 5.16. The van der Waals surface area contributed by atoms with Crippen LogP contribution in [0.5, 0.6) is 0 Å². The van der Waals surface area contributed by atoms with Gasteiger partial charge in [0.05, 0.1) is 15.0 Å². The second-order valence-electron chi connectivity index (χ2n) is 7.60. The number of nitrogens with one attached hydrogen (secondary N) is 1. The summed E-state index contributed by atoms with van der Waals surface area (Å²) in [6, 6.07) is 11.4. The van der Waals surface area contributed by atoms with E-state index in [1.54, 1.807) is 39.8 Å². The fraction of sp³-hybridized carbons (Fsp3) is 0.318. The average molecular weight is 507 g/mol. The minimum atomic E-state index is -3.62. The zero-order chi connectivity index (χ0) is 25.1. The van der Waals surface area contributed by atoms with Crippen molar-refractivity contribution < 1.29 is 26.0 Å². The van der Waals surface area contributed by atoms with Crippen LogP contribution in [0.3, 0.4) is 0 Å². The summed E-state index contributed by atoms with van der Waals surface area (Å²) in [4.78, 5) is 12.8. The smallest absolute Gasteiger partial charge is 0.322 e. The number of benzene rings is 2. The third kappa shape index (κ3) is 5.18.